The molecule has 0 radical (unpaired) electrons. The number of rotatable bonds is 3. The van der Waals surface area contributed by atoms with Crippen LogP contribution in [0.1, 0.15) is 25.0 Å². The lowest BCUT2D eigenvalue weighted by Gasteiger charge is -2.34. The highest BCUT2D eigenvalue weighted by molar-refractivity contribution is 5.85. The molecule has 2 N–H and O–H groups in total. The minimum atomic E-state index is 0. The Hall–Kier alpha value is -0.580. The zero-order chi connectivity index (χ0) is 10.7. The first-order valence-electron chi connectivity index (χ1n) is 5.72. The molecule has 0 aliphatic carbocycles. The average molecular weight is 245 g/mol. The largest absolute Gasteiger partial charge is 0.329 e. The topological polar surface area (TPSA) is 47.1 Å². The molecule has 1 atom stereocenters. The van der Waals surface area contributed by atoms with Gasteiger partial charge in [-0.3, -0.25) is 9.58 Å². The fourth-order valence-electron chi connectivity index (χ4n) is 2.30. The second-order valence-electron chi connectivity index (χ2n) is 4.30. The van der Waals surface area contributed by atoms with E-state index in [1.54, 1.807) is 0 Å². The van der Waals surface area contributed by atoms with Crippen molar-refractivity contribution in [3.8, 4) is 0 Å². The number of halogens is 1. The predicted octanol–water partition coefficient (Wildman–Crippen LogP) is 1.16. The number of hydrogen-bond donors (Lipinski definition) is 1. The Labute approximate surface area is 103 Å². The van der Waals surface area contributed by atoms with E-state index in [1.165, 1.54) is 31.5 Å². The molecule has 1 aliphatic rings. The van der Waals surface area contributed by atoms with E-state index in [9.17, 15) is 0 Å². The lowest BCUT2D eigenvalue weighted by Crippen LogP contribution is -2.43. The maximum atomic E-state index is 5.80. The molecule has 2 heterocycles. The van der Waals surface area contributed by atoms with E-state index >= 15 is 0 Å². The van der Waals surface area contributed by atoms with Gasteiger partial charge in [0, 0.05) is 32.4 Å². The first kappa shape index (κ1) is 13.5. The molecular weight excluding hydrogens is 224 g/mol. The third kappa shape index (κ3) is 2.97. The van der Waals surface area contributed by atoms with Gasteiger partial charge in [0.15, 0.2) is 0 Å². The molecule has 92 valence electrons. The van der Waals surface area contributed by atoms with Crippen molar-refractivity contribution in [2.24, 2.45) is 12.8 Å². The SMILES string of the molecule is Cl.Cn1nccc1CN1CCCCC1CN. The van der Waals surface area contributed by atoms with Gasteiger partial charge in [-0.15, -0.1) is 12.4 Å². The van der Waals surface area contributed by atoms with Crippen molar-refractivity contribution >= 4 is 12.4 Å². The van der Waals surface area contributed by atoms with Crippen LogP contribution in [0.3, 0.4) is 0 Å². The molecule has 0 aromatic carbocycles. The molecule has 0 bridgehead atoms. The van der Waals surface area contributed by atoms with Crippen molar-refractivity contribution in [3.63, 3.8) is 0 Å². The lowest BCUT2D eigenvalue weighted by molar-refractivity contribution is 0.141. The third-order valence-corrected chi connectivity index (χ3v) is 3.31. The summed E-state index contributed by atoms with van der Waals surface area (Å²) in [5.74, 6) is 0. The highest BCUT2D eigenvalue weighted by Gasteiger charge is 2.21. The Morgan fingerprint density at radius 2 is 2.31 bits per heavy atom. The average Bonchev–Trinajstić information content (AvgIpc) is 2.65. The first-order valence-corrected chi connectivity index (χ1v) is 5.72. The molecule has 1 aliphatic heterocycles. The van der Waals surface area contributed by atoms with Crippen LogP contribution >= 0.6 is 12.4 Å². The van der Waals surface area contributed by atoms with Gasteiger partial charge >= 0.3 is 0 Å². The Morgan fingerprint density at radius 3 is 2.94 bits per heavy atom. The van der Waals surface area contributed by atoms with Crippen molar-refractivity contribution in [3.05, 3.63) is 18.0 Å². The van der Waals surface area contributed by atoms with Crippen molar-refractivity contribution < 1.29 is 0 Å². The quantitative estimate of drug-likeness (QED) is 0.868. The monoisotopic (exact) mass is 244 g/mol. The van der Waals surface area contributed by atoms with Crippen LogP contribution in [0.15, 0.2) is 12.3 Å². The van der Waals surface area contributed by atoms with Gasteiger partial charge in [-0.05, 0) is 25.5 Å². The van der Waals surface area contributed by atoms with Crippen molar-refractivity contribution in [1.82, 2.24) is 14.7 Å². The molecule has 1 aromatic heterocycles. The number of piperidine rings is 1. The van der Waals surface area contributed by atoms with Crippen LogP contribution < -0.4 is 5.73 Å². The zero-order valence-electron chi connectivity index (χ0n) is 9.80. The van der Waals surface area contributed by atoms with Crippen molar-refractivity contribution in [2.75, 3.05) is 13.1 Å². The molecule has 1 fully saturated rings. The normalized spacial score (nSPS) is 21.8. The summed E-state index contributed by atoms with van der Waals surface area (Å²) in [4.78, 5) is 2.49. The van der Waals surface area contributed by atoms with Crippen molar-refractivity contribution in [1.29, 1.82) is 0 Å². The summed E-state index contributed by atoms with van der Waals surface area (Å²) in [6, 6.07) is 2.65. The van der Waals surface area contributed by atoms with Crippen molar-refractivity contribution in [2.45, 2.75) is 31.8 Å². The van der Waals surface area contributed by atoms with E-state index in [1.807, 2.05) is 17.9 Å². The molecule has 4 nitrogen and oxygen atoms in total. The molecule has 0 amide bonds. The van der Waals surface area contributed by atoms with E-state index in [0.717, 1.165) is 13.1 Å². The van der Waals surface area contributed by atoms with E-state index in [4.69, 9.17) is 5.73 Å². The highest BCUT2D eigenvalue weighted by Crippen LogP contribution is 2.18. The van der Waals surface area contributed by atoms with Gasteiger partial charge in [-0.1, -0.05) is 6.42 Å². The number of nitrogens with zero attached hydrogens (tertiary/aromatic N) is 3. The molecule has 0 saturated carbocycles. The van der Waals surface area contributed by atoms with E-state index in [0.29, 0.717) is 6.04 Å². The summed E-state index contributed by atoms with van der Waals surface area (Å²) in [6.07, 6.45) is 5.73. The van der Waals surface area contributed by atoms with Gasteiger partial charge in [0.05, 0.1) is 5.69 Å². The Morgan fingerprint density at radius 1 is 1.50 bits per heavy atom. The summed E-state index contributed by atoms with van der Waals surface area (Å²) < 4.78 is 1.95. The maximum Gasteiger partial charge on any atom is 0.0521 e. The van der Waals surface area contributed by atoms with Gasteiger partial charge in [-0.25, -0.2) is 0 Å². The second-order valence-corrected chi connectivity index (χ2v) is 4.30. The third-order valence-electron chi connectivity index (χ3n) is 3.31. The van der Waals surface area contributed by atoms with Crippen LogP contribution in [0.4, 0.5) is 0 Å². The number of aryl methyl sites for hydroxylation is 1. The summed E-state index contributed by atoms with van der Waals surface area (Å²) in [5, 5.41) is 4.19. The van der Waals surface area contributed by atoms with E-state index in [2.05, 4.69) is 16.1 Å². The molecule has 5 heteroatoms. The predicted molar refractivity (Wildman–Crippen MR) is 67.6 cm³/mol. The van der Waals surface area contributed by atoms with E-state index < -0.39 is 0 Å². The zero-order valence-corrected chi connectivity index (χ0v) is 10.6. The standard InChI is InChI=1S/C11H20N4.ClH/c1-14-11(5-6-13-14)9-15-7-3-2-4-10(15)8-12;/h5-6,10H,2-4,7-9,12H2,1H3;1H. The summed E-state index contributed by atoms with van der Waals surface area (Å²) >= 11 is 0. The van der Waals surface area contributed by atoms with Crippen LogP contribution in [0.5, 0.6) is 0 Å². The molecule has 1 saturated heterocycles. The van der Waals surface area contributed by atoms with Gasteiger partial charge in [-0.2, -0.15) is 5.10 Å². The number of aromatic nitrogens is 2. The minimum absolute atomic E-state index is 0. The fraction of sp³-hybridized carbons (Fsp3) is 0.727. The van der Waals surface area contributed by atoms with E-state index in [-0.39, 0.29) is 12.4 Å². The summed E-state index contributed by atoms with van der Waals surface area (Å²) in [5.41, 5.74) is 7.07. The Balaban J connectivity index is 0.00000128. The molecule has 16 heavy (non-hydrogen) atoms. The molecule has 1 unspecified atom stereocenters. The van der Waals surface area contributed by atoms with Crippen LogP contribution in [-0.4, -0.2) is 33.8 Å². The number of nitrogens with two attached hydrogens (primary N) is 1. The molecular formula is C11H21ClN4. The second kappa shape index (κ2) is 6.23. The highest BCUT2D eigenvalue weighted by atomic mass is 35.5. The van der Waals surface area contributed by atoms with Crippen LogP contribution in [-0.2, 0) is 13.6 Å². The van der Waals surface area contributed by atoms with Gasteiger partial charge in [0.1, 0.15) is 0 Å². The first-order chi connectivity index (χ1) is 7.31. The number of likely N-dealkylation sites (tertiary alicyclic amines) is 1. The fourth-order valence-corrected chi connectivity index (χ4v) is 2.30. The Bertz CT molecular complexity index is 313. The Kier molecular flexibility index (Phi) is 5.25. The number of hydrogen-bond acceptors (Lipinski definition) is 3. The summed E-state index contributed by atoms with van der Waals surface area (Å²) in [7, 11) is 2.00. The summed E-state index contributed by atoms with van der Waals surface area (Å²) in [6.45, 7) is 2.93. The molecule has 2 rings (SSSR count). The lowest BCUT2D eigenvalue weighted by atomic mass is 10.0. The van der Waals surface area contributed by atoms with Gasteiger partial charge in [0.2, 0.25) is 0 Å². The molecule has 0 spiro atoms. The van der Waals surface area contributed by atoms with Crippen LogP contribution in [0, 0.1) is 0 Å². The van der Waals surface area contributed by atoms with Gasteiger partial charge in [0.25, 0.3) is 0 Å². The van der Waals surface area contributed by atoms with Gasteiger partial charge < -0.3 is 5.73 Å². The van der Waals surface area contributed by atoms with Crippen LogP contribution in [0.2, 0.25) is 0 Å². The molecule has 1 aromatic rings. The van der Waals surface area contributed by atoms with Crippen LogP contribution in [0.25, 0.3) is 0 Å². The minimum Gasteiger partial charge on any atom is -0.329 e. The smallest absolute Gasteiger partial charge is 0.0521 e. The maximum absolute atomic E-state index is 5.80.